The van der Waals surface area contributed by atoms with Gasteiger partial charge in [-0.25, -0.2) is 14.8 Å². The quantitative estimate of drug-likeness (QED) is 0.452. The van der Waals surface area contributed by atoms with Gasteiger partial charge in [-0.3, -0.25) is 9.67 Å². The smallest absolute Gasteiger partial charge is 0.407 e. The minimum absolute atomic E-state index is 0.394. The summed E-state index contributed by atoms with van der Waals surface area (Å²) in [6.45, 7) is 6.37. The van der Waals surface area contributed by atoms with E-state index in [1.54, 1.807) is 17.1 Å². The standard InChI is InChI=1S/C23H30N8O2S/c1-23(2,3)33-22(32)24-10-11-31-14-15(12-26-31)18-13-25-17-8-9-19(29-20(17)28-18)30-21(34)27-16-6-4-5-7-16/h8-9,12-14,16H,4-7,10-11H2,1-3H3,(H,24,32)(H2,27,28,29,30,34). The number of carbonyl (C=O) groups is 1. The van der Waals surface area contributed by atoms with Crippen molar-refractivity contribution < 1.29 is 9.53 Å². The highest BCUT2D eigenvalue weighted by atomic mass is 32.1. The molecule has 3 aromatic rings. The van der Waals surface area contributed by atoms with Gasteiger partial charge in [0, 0.05) is 24.3 Å². The minimum Gasteiger partial charge on any atom is -0.444 e. The Hall–Kier alpha value is -3.34. The fraction of sp³-hybridized carbons (Fsp3) is 0.478. The molecule has 3 heterocycles. The van der Waals surface area contributed by atoms with E-state index >= 15 is 0 Å². The summed E-state index contributed by atoms with van der Waals surface area (Å²) in [6.07, 6.45) is 9.59. The van der Waals surface area contributed by atoms with E-state index in [0.29, 0.717) is 46.9 Å². The van der Waals surface area contributed by atoms with E-state index in [9.17, 15) is 4.79 Å². The number of pyridine rings is 1. The highest BCUT2D eigenvalue weighted by molar-refractivity contribution is 7.80. The van der Waals surface area contributed by atoms with E-state index in [-0.39, 0.29) is 0 Å². The predicted molar refractivity (Wildman–Crippen MR) is 134 cm³/mol. The molecule has 0 saturated heterocycles. The molecule has 1 amide bonds. The Labute approximate surface area is 203 Å². The first-order valence-electron chi connectivity index (χ1n) is 11.5. The summed E-state index contributed by atoms with van der Waals surface area (Å²) in [4.78, 5) is 25.5. The molecule has 0 atom stereocenters. The molecule has 11 heteroatoms. The van der Waals surface area contributed by atoms with Gasteiger partial charge in [-0.15, -0.1) is 0 Å². The first-order chi connectivity index (χ1) is 16.2. The van der Waals surface area contributed by atoms with Gasteiger partial charge in [0.1, 0.15) is 16.9 Å². The number of hydrogen-bond acceptors (Lipinski definition) is 7. The Kier molecular flexibility index (Phi) is 7.20. The molecule has 180 valence electrons. The molecule has 0 aromatic carbocycles. The van der Waals surface area contributed by atoms with E-state index < -0.39 is 11.7 Å². The first kappa shape index (κ1) is 23.8. The van der Waals surface area contributed by atoms with E-state index in [4.69, 9.17) is 17.0 Å². The van der Waals surface area contributed by atoms with Crippen LogP contribution in [-0.4, -0.2) is 54.1 Å². The molecule has 4 rings (SSSR count). The number of nitrogens with one attached hydrogen (secondary N) is 3. The van der Waals surface area contributed by atoms with Crippen molar-refractivity contribution in [2.45, 2.75) is 64.6 Å². The molecule has 0 radical (unpaired) electrons. The zero-order chi connectivity index (χ0) is 24.1. The molecule has 0 unspecified atom stereocenters. The second-order valence-electron chi connectivity index (χ2n) is 9.30. The molecule has 1 aliphatic rings. The normalized spacial score (nSPS) is 14.2. The van der Waals surface area contributed by atoms with Gasteiger partial charge in [-0.2, -0.15) is 5.10 Å². The predicted octanol–water partition coefficient (Wildman–Crippen LogP) is 3.64. The summed E-state index contributed by atoms with van der Waals surface area (Å²) in [5.74, 6) is 0.623. The Bertz CT molecular complexity index is 1170. The summed E-state index contributed by atoms with van der Waals surface area (Å²) in [5.41, 5.74) is 2.15. The lowest BCUT2D eigenvalue weighted by molar-refractivity contribution is 0.0525. The molecule has 1 saturated carbocycles. The largest absolute Gasteiger partial charge is 0.444 e. The van der Waals surface area contributed by atoms with Gasteiger partial charge in [-0.1, -0.05) is 12.8 Å². The summed E-state index contributed by atoms with van der Waals surface area (Å²) in [7, 11) is 0. The third-order valence-electron chi connectivity index (χ3n) is 5.28. The minimum atomic E-state index is -0.529. The summed E-state index contributed by atoms with van der Waals surface area (Å²) in [6, 6.07) is 4.14. The van der Waals surface area contributed by atoms with Crippen LogP contribution in [0.3, 0.4) is 0 Å². The van der Waals surface area contributed by atoms with Crippen LogP contribution in [0.2, 0.25) is 0 Å². The van der Waals surface area contributed by atoms with Gasteiger partial charge in [0.15, 0.2) is 10.8 Å². The van der Waals surface area contributed by atoms with Gasteiger partial charge in [-0.05, 0) is 58.0 Å². The van der Waals surface area contributed by atoms with E-state index in [0.717, 1.165) is 18.4 Å². The second-order valence-corrected chi connectivity index (χ2v) is 9.70. The molecule has 0 bridgehead atoms. The molecular formula is C23H30N8O2S. The number of rotatable bonds is 6. The molecule has 1 aliphatic carbocycles. The summed E-state index contributed by atoms with van der Waals surface area (Å²) < 4.78 is 6.97. The maximum absolute atomic E-state index is 11.8. The summed E-state index contributed by atoms with van der Waals surface area (Å²) in [5, 5.41) is 14.1. The number of thiocarbonyl (C=S) groups is 1. The maximum Gasteiger partial charge on any atom is 0.407 e. The fourth-order valence-corrected chi connectivity index (χ4v) is 3.99. The number of carbonyl (C=O) groups excluding carboxylic acids is 1. The van der Waals surface area contributed by atoms with Gasteiger partial charge >= 0.3 is 6.09 Å². The summed E-state index contributed by atoms with van der Waals surface area (Å²) >= 11 is 5.43. The van der Waals surface area contributed by atoms with E-state index in [2.05, 4.69) is 36.0 Å². The van der Waals surface area contributed by atoms with Crippen molar-refractivity contribution in [3.63, 3.8) is 0 Å². The van der Waals surface area contributed by atoms with Crippen molar-refractivity contribution in [2.24, 2.45) is 0 Å². The molecule has 1 fully saturated rings. The zero-order valence-corrected chi connectivity index (χ0v) is 20.5. The number of amides is 1. The average molecular weight is 483 g/mol. The molecule has 3 N–H and O–H groups in total. The van der Waals surface area contributed by atoms with Crippen LogP contribution in [0.15, 0.2) is 30.7 Å². The lowest BCUT2D eigenvalue weighted by atomic mass is 10.2. The monoisotopic (exact) mass is 482 g/mol. The van der Waals surface area contributed by atoms with Crippen LogP contribution < -0.4 is 16.0 Å². The van der Waals surface area contributed by atoms with Crippen molar-refractivity contribution in [1.29, 1.82) is 0 Å². The van der Waals surface area contributed by atoms with E-state index in [1.807, 2.05) is 39.1 Å². The van der Waals surface area contributed by atoms with Crippen LogP contribution in [0, 0.1) is 0 Å². The van der Waals surface area contributed by atoms with Gasteiger partial charge in [0.25, 0.3) is 0 Å². The molecule has 3 aromatic heterocycles. The molecular weight excluding hydrogens is 452 g/mol. The Balaban J connectivity index is 1.37. The van der Waals surface area contributed by atoms with Crippen LogP contribution in [0.1, 0.15) is 46.5 Å². The number of hydrogen-bond donors (Lipinski definition) is 3. The second kappa shape index (κ2) is 10.3. The van der Waals surface area contributed by atoms with Gasteiger partial charge in [0.2, 0.25) is 0 Å². The number of fused-ring (bicyclic) bond motifs is 1. The highest BCUT2D eigenvalue weighted by Crippen LogP contribution is 2.20. The molecule has 0 spiro atoms. The SMILES string of the molecule is CC(C)(C)OC(=O)NCCn1cc(-c2cnc3ccc(NC(=S)NC4CCCC4)nc3n2)cn1. The average Bonchev–Trinajstić information content (AvgIpc) is 3.44. The Morgan fingerprint density at radius 2 is 2.00 bits per heavy atom. The van der Waals surface area contributed by atoms with Gasteiger partial charge < -0.3 is 20.7 Å². The Morgan fingerprint density at radius 1 is 1.21 bits per heavy atom. The van der Waals surface area contributed by atoms with Crippen LogP contribution >= 0.6 is 12.2 Å². The van der Waals surface area contributed by atoms with Crippen LogP contribution in [0.25, 0.3) is 22.4 Å². The van der Waals surface area contributed by atoms with Gasteiger partial charge in [0.05, 0.1) is 24.6 Å². The first-order valence-corrected chi connectivity index (χ1v) is 11.9. The van der Waals surface area contributed by atoms with Crippen LogP contribution in [0.5, 0.6) is 0 Å². The maximum atomic E-state index is 11.8. The van der Waals surface area contributed by atoms with E-state index in [1.165, 1.54) is 12.8 Å². The number of nitrogens with zero attached hydrogens (tertiary/aromatic N) is 5. The highest BCUT2D eigenvalue weighted by Gasteiger charge is 2.17. The number of alkyl carbamates (subject to hydrolysis) is 1. The number of anilines is 1. The van der Waals surface area contributed by atoms with Crippen LogP contribution in [-0.2, 0) is 11.3 Å². The lowest BCUT2D eigenvalue weighted by Crippen LogP contribution is -2.36. The zero-order valence-electron chi connectivity index (χ0n) is 19.7. The topological polar surface area (TPSA) is 119 Å². The lowest BCUT2D eigenvalue weighted by Gasteiger charge is -2.19. The third-order valence-corrected chi connectivity index (χ3v) is 5.50. The fourth-order valence-electron chi connectivity index (χ4n) is 3.72. The van der Waals surface area contributed by atoms with Crippen molar-refractivity contribution >= 4 is 40.4 Å². The number of aromatic nitrogens is 5. The molecule has 10 nitrogen and oxygen atoms in total. The molecule has 34 heavy (non-hydrogen) atoms. The Morgan fingerprint density at radius 3 is 2.76 bits per heavy atom. The van der Waals surface area contributed by atoms with Crippen molar-refractivity contribution in [3.05, 3.63) is 30.7 Å². The third kappa shape index (κ3) is 6.60. The van der Waals surface area contributed by atoms with Crippen molar-refractivity contribution in [3.8, 4) is 11.3 Å². The number of ether oxygens (including phenoxy) is 1. The van der Waals surface area contributed by atoms with Crippen molar-refractivity contribution in [1.82, 2.24) is 35.4 Å². The van der Waals surface area contributed by atoms with Crippen LogP contribution in [0.4, 0.5) is 10.6 Å². The van der Waals surface area contributed by atoms with Crippen molar-refractivity contribution in [2.75, 3.05) is 11.9 Å². The molecule has 0 aliphatic heterocycles.